The first-order valence-corrected chi connectivity index (χ1v) is 4.24. The Labute approximate surface area is 80.0 Å². The van der Waals surface area contributed by atoms with E-state index in [0.717, 1.165) is 5.82 Å². The van der Waals surface area contributed by atoms with Crippen molar-refractivity contribution >= 4 is 12.2 Å². The zero-order valence-electron chi connectivity index (χ0n) is 7.14. The maximum absolute atomic E-state index is 4.99. The highest BCUT2D eigenvalue weighted by atomic mass is 32.1. The molecule has 6 heteroatoms. The Hall–Kier alpha value is -1.43. The summed E-state index contributed by atoms with van der Waals surface area (Å²) in [6.45, 7) is 0.684. The van der Waals surface area contributed by atoms with Crippen molar-refractivity contribution in [2.45, 2.75) is 6.54 Å². The van der Waals surface area contributed by atoms with Crippen LogP contribution in [0.2, 0.25) is 0 Å². The number of nitrogens with one attached hydrogen (secondary N) is 1. The summed E-state index contributed by atoms with van der Waals surface area (Å²) in [5, 5.41) is 6.82. The molecule has 1 N–H and O–H groups in total. The zero-order chi connectivity index (χ0) is 9.26. The molecule has 0 bridgehead atoms. The van der Waals surface area contributed by atoms with Crippen molar-refractivity contribution < 1.29 is 0 Å². The highest BCUT2D eigenvalue weighted by Crippen LogP contribution is 1.97. The van der Waals surface area contributed by atoms with Crippen LogP contribution in [-0.4, -0.2) is 24.3 Å². The van der Waals surface area contributed by atoms with Crippen LogP contribution in [0.4, 0.5) is 0 Å². The van der Waals surface area contributed by atoms with E-state index in [1.165, 1.54) is 0 Å². The third-order valence-electron chi connectivity index (χ3n) is 1.86. The van der Waals surface area contributed by atoms with Crippen LogP contribution >= 0.6 is 12.2 Å². The van der Waals surface area contributed by atoms with Crippen molar-refractivity contribution in [1.82, 2.24) is 24.3 Å². The predicted octanol–water partition coefficient (Wildman–Crippen LogP) is 0.722. The molecule has 2 aromatic rings. The summed E-state index contributed by atoms with van der Waals surface area (Å²) in [5.74, 6) is 0.892. The van der Waals surface area contributed by atoms with Gasteiger partial charge in [0.2, 0.25) is 0 Å². The maximum atomic E-state index is 4.99. The van der Waals surface area contributed by atoms with Gasteiger partial charge in [-0.1, -0.05) is 0 Å². The molecule has 2 heterocycles. The molecule has 0 radical (unpaired) electrons. The van der Waals surface area contributed by atoms with Gasteiger partial charge in [-0.2, -0.15) is 5.10 Å². The summed E-state index contributed by atoms with van der Waals surface area (Å²) in [6, 6.07) is 0. The number of hydrogen-bond acceptors (Lipinski definition) is 3. The molecule has 0 aromatic carbocycles. The molecule has 0 saturated heterocycles. The van der Waals surface area contributed by atoms with Crippen molar-refractivity contribution in [3.8, 4) is 0 Å². The predicted molar refractivity (Wildman–Crippen MR) is 49.7 cm³/mol. The van der Waals surface area contributed by atoms with E-state index in [9.17, 15) is 0 Å². The van der Waals surface area contributed by atoms with E-state index >= 15 is 0 Å². The molecule has 2 aromatic heterocycles. The zero-order valence-corrected chi connectivity index (χ0v) is 7.95. The van der Waals surface area contributed by atoms with Crippen molar-refractivity contribution in [2.75, 3.05) is 0 Å². The number of aromatic nitrogens is 5. The summed E-state index contributed by atoms with van der Waals surface area (Å²) in [5.41, 5.74) is 0. The van der Waals surface area contributed by atoms with E-state index in [4.69, 9.17) is 12.2 Å². The Morgan fingerprint density at radius 3 is 3.00 bits per heavy atom. The van der Waals surface area contributed by atoms with Gasteiger partial charge in [0.05, 0.1) is 12.9 Å². The van der Waals surface area contributed by atoms with Crippen molar-refractivity contribution in [3.05, 3.63) is 29.3 Å². The van der Waals surface area contributed by atoms with Crippen molar-refractivity contribution in [1.29, 1.82) is 0 Å². The highest BCUT2D eigenvalue weighted by molar-refractivity contribution is 7.71. The summed E-state index contributed by atoms with van der Waals surface area (Å²) in [4.78, 5) is 3.94. The Morgan fingerprint density at radius 1 is 1.62 bits per heavy atom. The van der Waals surface area contributed by atoms with Gasteiger partial charge in [0.25, 0.3) is 0 Å². The fraction of sp³-hybridized carbons (Fsp3) is 0.286. The topological polar surface area (TPSA) is 51.4 Å². The first-order valence-electron chi connectivity index (χ1n) is 3.83. The second-order valence-corrected chi connectivity index (χ2v) is 3.13. The number of H-pyrrole nitrogens is 1. The Bertz CT molecular complexity index is 438. The molecule has 0 fully saturated rings. The van der Waals surface area contributed by atoms with E-state index in [1.807, 2.05) is 22.4 Å². The molecule has 68 valence electrons. The van der Waals surface area contributed by atoms with Gasteiger partial charge >= 0.3 is 0 Å². The average molecular weight is 195 g/mol. The number of rotatable bonds is 2. The summed E-state index contributed by atoms with van der Waals surface area (Å²) < 4.78 is 4.41. The Morgan fingerprint density at radius 2 is 2.46 bits per heavy atom. The van der Waals surface area contributed by atoms with E-state index in [0.29, 0.717) is 11.3 Å². The minimum absolute atomic E-state index is 0.634. The molecule has 5 nitrogen and oxygen atoms in total. The van der Waals surface area contributed by atoms with Gasteiger partial charge in [-0.15, -0.1) is 0 Å². The molecule has 0 atom stereocenters. The van der Waals surface area contributed by atoms with E-state index < -0.39 is 0 Å². The molecule has 0 amide bonds. The number of hydrogen-bond donors (Lipinski definition) is 1. The molecule has 13 heavy (non-hydrogen) atoms. The van der Waals surface area contributed by atoms with E-state index in [2.05, 4.69) is 15.2 Å². The lowest BCUT2D eigenvalue weighted by Crippen LogP contribution is -2.04. The van der Waals surface area contributed by atoms with Crippen LogP contribution < -0.4 is 0 Å². The second-order valence-electron chi connectivity index (χ2n) is 2.74. The van der Waals surface area contributed by atoms with Gasteiger partial charge in [0.15, 0.2) is 10.6 Å². The minimum Gasteiger partial charge on any atom is -0.330 e. The van der Waals surface area contributed by atoms with Crippen LogP contribution in [0.25, 0.3) is 0 Å². The van der Waals surface area contributed by atoms with Crippen molar-refractivity contribution in [3.63, 3.8) is 0 Å². The Kier molecular flexibility index (Phi) is 1.97. The van der Waals surface area contributed by atoms with Crippen LogP contribution in [0.5, 0.6) is 0 Å². The van der Waals surface area contributed by atoms with Crippen LogP contribution in [-0.2, 0) is 13.6 Å². The smallest absolute Gasteiger partial charge is 0.194 e. The van der Waals surface area contributed by atoms with Gasteiger partial charge in [-0.05, 0) is 12.2 Å². The second kappa shape index (κ2) is 3.14. The quantitative estimate of drug-likeness (QED) is 0.718. The first-order chi connectivity index (χ1) is 6.27. The summed E-state index contributed by atoms with van der Waals surface area (Å²) in [6.07, 6.45) is 5.37. The van der Waals surface area contributed by atoms with Crippen LogP contribution in [0.3, 0.4) is 0 Å². The lowest BCUT2D eigenvalue weighted by atomic mass is 10.6. The highest BCUT2D eigenvalue weighted by Gasteiger charge is 2.01. The average Bonchev–Trinajstić information content (AvgIpc) is 2.71. The summed E-state index contributed by atoms with van der Waals surface area (Å²) >= 11 is 4.99. The number of imidazole rings is 1. The van der Waals surface area contributed by atoms with E-state index in [1.54, 1.807) is 12.5 Å². The molecular formula is C7H9N5S. The SMILES string of the molecule is Cn1c(Cn2ccnc2)n[nH]c1=S. The van der Waals surface area contributed by atoms with E-state index in [-0.39, 0.29) is 0 Å². The monoisotopic (exact) mass is 195 g/mol. The van der Waals surface area contributed by atoms with Gasteiger partial charge in [0, 0.05) is 19.4 Å². The van der Waals surface area contributed by atoms with Gasteiger partial charge in [0.1, 0.15) is 0 Å². The van der Waals surface area contributed by atoms with Crippen LogP contribution in [0.15, 0.2) is 18.7 Å². The van der Waals surface area contributed by atoms with Crippen LogP contribution in [0, 0.1) is 4.77 Å². The third-order valence-corrected chi connectivity index (χ3v) is 2.22. The molecule has 0 saturated carbocycles. The first kappa shape index (κ1) is 8.18. The standard InChI is InChI=1S/C7H9N5S/c1-11-6(9-10-7(11)13)4-12-3-2-8-5-12/h2-3,5H,4H2,1H3,(H,10,13). The molecule has 0 aliphatic rings. The molecule has 0 spiro atoms. The number of nitrogens with zero attached hydrogens (tertiary/aromatic N) is 4. The lowest BCUT2D eigenvalue weighted by Gasteiger charge is -1.99. The fourth-order valence-electron chi connectivity index (χ4n) is 1.06. The molecule has 2 rings (SSSR count). The normalized spacial score (nSPS) is 10.5. The fourth-order valence-corrected chi connectivity index (χ4v) is 1.22. The van der Waals surface area contributed by atoms with Crippen LogP contribution in [0.1, 0.15) is 5.82 Å². The Balaban J connectivity index is 2.29. The molecule has 0 aliphatic carbocycles. The third kappa shape index (κ3) is 1.52. The lowest BCUT2D eigenvalue weighted by molar-refractivity contribution is 0.694. The van der Waals surface area contributed by atoms with Gasteiger partial charge < -0.3 is 9.13 Å². The largest absolute Gasteiger partial charge is 0.330 e. The number of aromatic amines is 1. The maximum Gasteiger partial charge on any atom is 0.194 e. The molecule has 0 unspecified atom stereocenters. The van der Waals surface area contributed by atoms with Gasteiger partial charge in [-0.3, -0.25) is 5.10 Å². The van der Waals surface area contributed by atoms with Gasteiger partial charge in [-0.25, -0.2) is 4.98 Å². The van der Waals surface area contributed by atoms with Crippen molar-refractivity contribution in [2.24, 2.45) is 7.05 Å². The molecular weight excluding hydrogens is 186 g/mol. The minimum atomic E-state index is 0.634. The molecule has 0 aliphatic heterocycles. The summed E-state index contributed by atoms with van der Waals surface area (Å²) in [7, 11) is 1.89.